The number of nitrogens with zero attached hydrogens (tertiary/aromatic N) is 1. The Morgan fingerprint density at radius 3 is 2.33 bits per heavy atom. The Labute approximate surface area is 180 Å². The fraction of sp³-hybridized carbons (Fsp3) is 0.611. The van der Waals surface area contributed by atoms with Gasteiger partial charge in [0, 0.05) is 19.7 Å². The van der Waals surface area contributed by atoms with Crippen LogP contribution in [0.1, 0.15) is 38.7 Å². The summed E-state index contributed by atoms with van der Waals surface area (Å²) in [6, 6.07) is 6.69. The van der Waals surface area contributed by atoms with Gasteiger partial charge in [-0.1, -0.05) is 25.5 Å². The van der Waals surface area contributed by atoms with Gasteiger partial charge in [-0.3, -0.25) is 0 Å². The molecule has 0 fully saturated rings. The largest absolute Gasteiger partial charge is 0.396 e. The lowest BCUT2D eigenvalue weighted by atomic mass is 10.0. The van der Waals surface area contributed by atoms with Crippen molar-refractivity contribution >= 4 is 40.0 Å². The number of benzene rings is 1. The Bertz CT molecular complexity index is 645. The number of sulfonamides is 1. The highest BCUT2D eigenvalue weighted by Gasteiger charge is 2.11. The molecule has 0 aromatic heterocycles. The molecule has 0 aliphatic rings. The molecule has 9 heteroatoms. The number of halogens is 1. The molecule has 27 heavy (non-hydrogen) atoms. The lowest BCUT2D eigenvalue weighted by Crippen LogP contribution is -2.40. The van der Waals surface area contributed by atoms with Crippen LogP contribution in [0.25, 0.3) is 0 Å². The van der Waals surface area contributed by atoms with Gasteiger partial charge in [0.25, 0.3) is 0 Å². The van der Waals surface area contributed by atoms with Crippen molar-refractivity contribution in [3.05, 3.63) is 29.8 Å². The van der Waals surface area contributed by atoms with Crippen molar-refractivity contribution in [3.8, 4) is 0 Å². The predicted molar refractivity (Wildman–Crippen MR) is 121 cm³/mol. The van der Waals surface area contributed by atoms with Gasteiger partial charge < -0.3 is 15.7 Å². The SMILES string of the molecule is CCCC(CCO)CNC(=NCc1ccc(S(=O)(=O)NC)cc1)NCC.I. The van der Waals surface area contributed by atoms with Gasteiger partial charge in [0.05, 0.1) is 11.4 Å². The zero-order valence-corrected chi connectivity index (χ0v) is 19.5. The lowest BCUT2D eigenvalue weighted by Gasteiger charge is -2.18. The molecule has 1 unspecified atom stereocenters. The van der Waals surface area contributed by atoms with Gasteiger partial charge in [0.1, 0.15) is 0 Å². The second kappa shape index (κ2) is 14.1. The summed E-state index contributed by atoms with van der Waals surface area (Å²) in [6.07, 6.45) is 2.93. The van der Waals surface area contributed by atoms with Crippen molar-refractivity contribution in [1.29, 1.82) is 0 Å². The van der Waals surface area contributed by atoms with Crippen molar-refractivity contribution in [2.24, 2.45) is 10.9 Å². The maximum atomic E-state index is 11.7. The van der Waals surface area contributed by atoms with Crippen LogP contribution in [0.15, 0.2) is 34.2 Å². The maximum Gasteiger partial charge on any atom is 0.240 e. The summed E-state index contributed by atoms with van der Waals surface area (Å²) in [5, 5.41) is 15.7. The molecule has 1 aromatic rings. The maximum absolute atomic E-state index is 11.7. The molecule has 1 aromatic carbocycles. The molecule has 0 amide bonds. The van der Waals surface area contributed by atoms with Gasteiger partial charge in [-0.25, -0.2) is 18.1 Å². The number of aliphatic hydroxyl groups is 1. The highest BCUT2D eigenvalue weighted by molar-refractivity contribution is 14.0. The molecular weight excluding hydrogens is 479 g/mol. The van der Waals surface area contributed by atoms with E-state index in [9.17, 15) is 8.42 Å². The summed E-state index contributed by atoms with van der Waals surface area (Å²) in [5.74, 6) is 1.14. The Hall–Kier alpha value is -0.910. The number of nitrogens with one attached hydrogen (secondary N) is 3. The summed E-state index contributed by atoms with van der Waals surface area (Å²) in [4.78, 5) is 4.79. The standard InChI is InChI=1S/C18H32N4O3S.HI/c1-4-6-15(11-12-23)13-21-18(20-5-2)22-14-16-7-9-17(10-8-16)26(24,25)19-3;/h7-10,15,19,23H,4-6,11-14H2,1-3H3,(H2,20,21,22);1H. The number of guanidine groups is 1. The van der Waals surface area contributed by atoms with Gasteiger partial charge in [-0.2, -0.15) is 0 Å². The van der Waals surface area contributed by atoms with Gasteiger partial charge in [0.2, 0.25) is 10.0 Å². The van der Waals surface area contributed by atoms with Crippen molar-refractivity contribution in [2.45, 2.75) is 44.6 Å². The van der Waals surface area contributed by atoms with E-state index in [1.165, 1.54) is 7.05 Å². The van der Waals surface area contributed by atoms with Crippen LogP contribution in [-0.4, -0.2) is 46.2 Å². The van der Waals surface area contributed by atoms with E-state index in [-0.39, 0.29) is 35.5 Å². The second-order valence-corrected chi connectivity index (χ2v) is 7.98. The molecule has 0 saturated heterocycles. The van der Waals surface area contributed by atoms with Gasteiger partial charge in [0.15, 0.2) is 5.96 Å². The van der Waals surface area contributed by atoms with Crippen LogP contribution in [-0.2, 0) is 16.6 Å². The van der Waals surface area contributed by atoms with Crippen molar-refractivity contribution in [2.75, 3.05) is 26.7 Å². The summed E-state index contributed by atoms with van der Waals surface area (Å²) in [7, 11) is -2.02. The molecule has 0 spiro atoms. The zero-order valence-electron chi connectivity index (χ0n) is 16.4. The zero-order chi connectivity index (χ0) is 19.4. The van der Waals surface area contributed by atoms with E-state index in [1.807, 2.05) is 6.92 Å². The molecule has 0 aliphatic carbocycles. The molecule has 7 nitrogen and oxygen atoms in total. The van der Waals surface area contributed by atoms with E-state index >= 15 is 0 Å². The highest BCUT2D eigenvalue weighted by Crippen LogP contribution is 2.11. The third-order valence-electron chi connectivity index (χ3n) is 4.06. The molecule has 1 rings (SSSR count). The quantitative estimate of drug-likeness (QED) is 0.207. The van der Waals surface area contributed by atoms with Crippen molar-refractivity contribution in [3.63, 3.8) is 0 Å². The van der Waals surface area contributed by atoms with Crippen LogP contribution in [0.5, 0.6) is 0 Å². The summed E-state index contributed by atoms with van der Waals surface area (Å²) < 4.78 is 25.8. The normalized spacial score (nSPS) is 13.0. The molecule has 4 N–H and O–H groups in total. The van der Waals surface area contributed by atoms with Crippen LogP contribution in [0, 0.1) is 5.92 Å². The Morgan fingerprint density at radius 2 is 1.81 bits per heavy atom. The minimum atomic E-state index is -3.41. The molecule has 0 aliphatic heterocycles. The van der Waals surface area contributed by atoms with E-state index in [1.54, 1.807) is 24.3 Å². The highest BCUT2D eigenvalue weighted by atomic mass is 127. The van der Waals surface area contributed by atoms with E-state index < -0.39 is 10.0 Å². The Morgan fingerprint density at radius 1 is 1.15 bits per heavy atom. The first-order chi connectivity index (χ1) is 12.5. The van der Waals surface area contributed by atoms with Crippen molar-refractivity contribution in [1.82, 2.24) is 15.4 Å². The molecule has 156 valence electrons. The summed E-state index contributed by atoms with van der Waals surface area (Å²) >= 11 is 0. The first kappa shape index (κ1) is 26.1. The smallest absolute Gasteiger partial charge is 0.240 e. The predicted octanol–water partition coefficient (Wildman–Crippen LogP) is 2.07. The monoisotopic (exact) mass is 512 g/mol. The minimum absolute atomic E-state index is 0. The number of aliphatic hydroxyl groups excluding tert-OH is 1. The average molecular weight is 512 g/mol. The first-order valence-electron chi connectivity index (χ1n) is 9.12. The number of aliphatic imine (C=N–C) groups is 1. The second-order valence-electron chi connectivity index (χ2n) is 6.09. The molecule has 1 atom stereocenters. The first-order valence-corrected chi connectivity index (χ1v) is 10.6. The lowest BCUT2D eigenvalue weighted by molar-refractivity contribution is 0.251. The molecule has 0 heterocycles. The van der Waals surface area contributed by atoms with Crippen LogP contribution < -0.4 is 15.4 Å². The third-order valence-corrected chi connectivity index (χ3v) is 5.49. The fourth-order valence-corrected chi connectivity index (χ4v) is 3.31. The molecule has 0 radical (unpaired) electrons. The number of hydrogen-bond donors (Lipinski definition) is 4. The Balaban J connectivity index is 0.00000676. The van der Waals surface area contributed by atoms with Gasteiger partial charge in [-0.05, 0) is 50.4 Å². The summed E-state index contributed by atoms with van der Waals surface area (Å²) in [6.45, 7) is 6.31. The summed E-state index contributed by atoms with van der Waals surface area (Å²) in [5.41, 5.74) is 0.928. The minimum Gasteiger partial charge on any atom is -0.396 e. The fourth-order valence-electron chi connectivity index (χ4n) is 2.58. The topological polar surface area (TPSA) is 103 Å². The van der Waals surface area contributed by atoms with E-state index in [0.29, 0.717) is 12.5 Å². The average Bonchev–Trinajstić information content (AvgIpc) is 2.64. The van der Waals surface area contributed by atoms with Gasteiger partial charge >= 0.3 is 0 Å². The van der Waals surface area contributed by atoms with Crippen LogP contribution in [0.4, 0.5) is 0 Å². The number of rotatable bonds is 11. The van der Waals surface area contributed by atoms with E-state index in [0.717, 1.165) is 43.9 Å². The molecule has 0 saturated carbocycles. The van der Waals surface area contributed by atoms with Crippen LogP contribution >= 0.6 is 24.0 Å². The van der Waals surface area contributed by atoms with Crippen LogP contribution in [0.2, 0.25) is 0 Å². The third kappa shape index (κ3) is 9.72. The number of hydrogen-bond acceptors (Lipinski definition) is 4. The van der Waals surface area contributed by atoms with Crippen molar-refractivity contribution < 1.29 is 13.5 Å². The Kier molecular flexibility index (Phi) is 13.7. The molecular formula is C18H33IN4O3S. The van der Waals surface area contributed by atoms with E-state index in [4.69, 9.17) is 5.11 Å². The molecule has 0 bridgehead atoms. The van der Waals surface area contributed by atoms with Gasteiger partial charge in [-0.15, -0.1) is 24.0 Å². The van der Waals surface area contributed by atoms with Crippen LogP contribution in [0.3, 0.4) is 0 Å². The van der Waals surface area contributed by atoms with E-state index in [2.05, 4.69) is 27.3 Å².